The number of nitrogens with zero attached hydrogens (tertiary/aromatic N) is 4. The Morgan fingerprint density at radius 1 is 1.44 bits per heavy atom. The first-order valence-electron chi connectivity index (χ1n) is 7.10. The van der Waals surface area contributed by atoms with Gasteiger partial charge in [0.15, 0.2) is 0 Å². The molecule has 0 radical (unpaired) electrons. The van der Waals surface area contributed by atoms with Crippen molar-refractivity contribution in [1.29, 1.82) is 0 Å². The van der Waals surface area contributed by atoms with Gasteiger partial charge in [0.05, 0.1) is 6.54 Å². The van der Waals surface area contributed by atoms with E-state index in [-0.39, 0.29) is 0 Å². The van der Waals surface area contributed by atoms with E-state index in [2.05, 4.69) is 20.3 Å². The molecule has 1 atom stereocenters. The number of hydrogen-bond donors (Lipinski definition) is 1. The van der Waals surface area contributed by atoms with Crippen molar-refractivity contribution in [2.45, 2.75) is 38.3 Å². The highest BCUT2D eigenvalue weighted by molar-refractivity contribution is 4.91. The molecule has 3 rings (SSSR count). The van der Waals surface area contributed by atoms with Crippen molar-refractivity contribution in [3.8, 4) is 0 Å². The van der Waals surface area contributed by atoms with Gasteiger partial charge in [0.25, 0.3) is 0 Å². The Bertz CT molecular complexity index is 378. The lowest BCUT2D eigenvalue weighted by molar-refractivity contribution is 0.187. The second-order valence-corrected chi connectivity index (χ2v) is 5.67. The van der Waals surface area contributed by atoms with Gasteiger partial charge in [0.1, 0.15) is 12.2 Å². The van der Waals surface area contributed by atoms with Gasteiger partial charge in [-0.1, -0.05) is 0 Å². The van der Waals surface area contributed by atoms with Crippen LogP contribution in [0.4, 0.5) is 0 Å². The Kier molecular flexibility index (Phi) is 3.61. The van der Waals surface area contributed by atoms with Crippen LogP contribution in [0.3, 0.4) is 0 Å². The highest BCUT2D eigenvalue weighted by Gasteiger charge is 2.31. The Labute approximate surface area is 109 Å². The number of piperidine rings is 1. The minimum absolute atomic E-state index is 0.795. The molecule has 1 aromatic rings. The largest absolute Gasteiger partial charge is 0.316 e. The van der Waals surface area contributed by atoms with Crippen molar-refractivity contribution in [2.75, 3.05) is 19.6 Å². The first-order valence-corrected chi connectivity index (χ1v) is 7.10. The zero-order chi connectivity index (χ0) is 12.4. The molecule has 18 heavy (non-hydrogen) atoms. The minimum atomic E-state index is 0.795. The molecule has 5 nitrogen and oxygen atoms in total. The lowest BCUT2D eigenvalue weighted by Crippen LogP contribution is -2.39. The smallest absolute Gasteiger partial charge is 0.140 e. The van der Waals surface area contributed by atoms with E-state index < -0.39 is 0 Å². The molecule has 2 fully saturated rings. The quantitative estimate of drug-likeness (QED) is 0.837. The summed E-state index contributed by atoms with van der Waals surface area (Å²) in [4.78, 5) is 6.97. The lowest BCUT2D eigenvalue weighted by atomic mass is 9.99. The van der Waals surface area contributed by atoms with Gasteiger partial charge < -0.3 is 5.32 Å². The molecule has 1 saturated heterocycles. The first kappa shape index (κ1) is 12.1. The third kappa shape index (κ3) is 2.90. The van der Waals surface area contributed by atoms with Crippen LogP contribution in [0.15, 0.2) is 6.33 Å². The number of hydrogen-bond acceptors (Lipinski definition) is 4. The number of nitrogens with one attached hydrogen (secondary N) is 1. The van der Waals surface area contributed by atoms with E-state index in [0.717, 1.165) is 24.3 Å². The topological polar surface area (TPSA) is 46.0 Å². The molecule has 1 aliphatic carbocycles. The predicted molar refractivity (Wildman–Crippen MR) is 70.0 cm³/mol. The maximum Gasteiger partial charge on any atom is 0.140 e. The highest BCUT2D eigenvalue weighted by Crippen LogP contribution is 2.29. The lowest BCUT2D eigenvalue weighted by Gasteiger charge is -2.29. The number of aromatic nitrogens is 3. The minimum Gasteiger partial charge on any atom is -0.316 e. The van der Waals surface area contributed by atoms with Crippen molar-refractivity contribution in [1.82, 2.24) is 25.0 Å². The molecule has 0 amide bonds. The van der Waals surface area contributed by atoms with Crippen LogP contribution in [-0.2, 0) is 13.6 Å². The van der Waals surface area contributed by atoms with Crippen LogP contribution in [0.2, 0.25) is 0 Å². The Morgan fingerprint density at radius 2 is 2.33 bits per heavy atom. The van der Waals surface area contributed by atoms with Gasteiger partial charge in [0, 0.05) is 19.6 Å². The van der Waals surface area contributed by atoms with E-state index in [9.17, 15) is 0 Å². The number of aryl methyl sites for hydroxylation is 1. The molecule has 0 spiro atoms. The zero-order valence-corrected chi connectivity index (χ0v) is 11.2. The van der Waals surface area contributed by atoms with Crippen molar-refractivity contribution in [2.24, 2.45) is 13.0 Å². The van der Waals surface area contributed by atoms with Crippen LogP contribution in [0.1, 0.15) is 31.5 Å². The van der Waals surface area contributed by atoms with Gasteiger partial charge in [-0.3, -0.25) is 9.58 Å². The second-order valence-electron chi connectivity index (χ2n) is 5.67. The molecule has 1 saturated carbocycles. The molecular formula is C13H23N5. The molecule has 1 N–H and O–H groups in total. The van der Waals surface area contributed by atoms with Gasteiger partial charge in [-0.15, -0.1) is 0 Å². The summed E-state index contributed by atoms with van der Waals surface area (Å²) in [5.74, 6) is 1.90. The summed E-state index contributed by atoms with van der Waals surface area (Å²) in [6.07, 6.45) is 7.07. The van der Waals surface area contributed by atoms with Crippen LogP contribution in [-0.4, -0.2) is 45.3 Å². The normalized spacial score (nSPS) is 24.7. The van der Waals surface area contributed by atoms with Crippen LogP contribution in [0.5, 0.6) is 0 Å². The van der Waals surface area contributed by atoms with E-state index in [0.29, 0.717) is 0 Å². The summed E-state index contributed by atoms with van der Waals surface area (Å²) in [7, 11) is 1.98. The average Bonchev–Trinajstić information content (AvgIpc) is 3.16. The summed E-state index contributed by atoms with van der Waals surface area (Å²) in [6.45, 7) is 4.55. The van der Waals surface area contributed by atoms with Crippen LogP contribution < -0.4 is 5.32 Å². The van der Waals surface area contributed by atoms with E-state index in [1.807, 2.05) is 11.7 Å². The van der Waals surface area contributed by atoms with E-state index in [4.69, 9.17) is 0 Å². The van der Waals surface area contributed by atoms with Crippen molar-refractivity contribution in [3.63, 3.8) is 0 Å². The van der Waals surface area contributed by atoms with E-state index >= 15 is 0 Å². The fraction of sp³-hybridized carbons (Fsp3) is 0.846. The molecule has 5 heteroatoms. The van der Waals surface area contributed by atoms with Gasteiger partial charge >= 0.3 is 0 Å². The average molecular weight is 249 g/mol. The van der Waals surface area contributed by atoms with Crippen molar-refractivity contribution >= 4 is 0 Å². The second kappa shape index (κ2) is 5.36. The Balaban J connectivity index is 1.59. The molecule has 2 aliphatic rings. The summed E-state index contributed by atoms with van der Waals surface area (Å²) in [5.41, 5.74) is 0. The van der Waals surface area contributed by atoms with Crippen molar-refractivity contribution < 1.29 is 0 Å². The van der Waals surface area contributed by atoms with Gasteiger partial charge in [-0.2, -0.15) is 5.10 Å². The zero-order valence-electron chi connectivity index (χ0n) is 11.2. The van der Waals surface area contributed by atoms with E-state index in [1.54, 1.807) is 6.33 Å². The fourth-order valence-electron chi connectivity index (χ4n) is 2.84. The molecule has 0 aromatic carbocycles. The summed E-state index contributed by atoms with van der Waals surface area (Å²) < 4.78 is 1.90. The molecule has 100 valence electrons. The van der Waals surface area contributed by atoms with Crippen LogP contribution >= 0.6 is 0 Å². The molecule has 0 bridgehead atoms. The van der Waals surface area contributed by atoms with E-state index in [1.165, 1.54) is 45.3 Å². The third-order valence-electron chi connectivity index (χ3n) is 4.10. The maximum atomic E-state index is 4.35. The van der Waals surface area contributed by atoms with Gasteiger partial charge in [-0.25, -0.2) is 4.98 Å². The molecule has 1 unspecified atom stereocenters. The standard InChI is InChI=1S/C13H23N5/c1-17-13(15-10-16-17)9-18(12-4-5-12)8-11-3-2-6-14-7-11/h10-12,14H,2-9H2,1H3. The monoisotopic (exact) mass is 249 g/mol. The molecule has 1 aromatic heterocycles. The highest BCUT2D eigenvalue weighted by atomic mass is 15.3. The first-order chi connectivity index (χ1) is 8.83. The van der Waals surface area contributed by atoms with Crippen LogP contribution in [0.25, 0.3) is 0 Å². The SMILES string of the molecule is Cn1ncnc1CN(CC1CCCNC1)C1CC1. The predicted octanol–water partition coefficient (Wildman–Crippen LogP) is 0.779. The molecular weight excluding hydrogens is 226 g/mol. The molecule has 2 heterocycles. The fourth-order valence-corrected chi connectivity index (χ4v) is 2.84. The molecule has 1 aliphatic heterocycles. The summed E-state index contributed by atoms with van der Waals surface area (Å²) in [5, 5.41) is 7.67. The van der Waals surface area contributed by atoms with Crippen molar-refractivity contribution in [3.05, 3.63) is 12.2 Å². The summed E-state index contributed by atoms with van der Waals surface area (Å²) in [6, 6.07) is 0.795. The maximum absolute atomic E-state index is 4.35. The Hall–Kier alpha value is -0.940. The van der Waals surface area contributed by atoms with Gasteiger partial charge in [-0.05, 0) is 44.7 Å². The van der Waals surface area contributed by atoms with Gasteiger partial charge in [0.2, 0.25) is 0 Å². The summed E-state index contributed by atoms with van der Waals surface area (Å²) >= 11 is 0. The number of rotatable bonds is 5. The van der Waals surface area contributed by atoms with Crippen LogP contribution in [0, 0.1) is 5.92 Å². The third-order valence-corrected chi connectivity index (χ3v) is 4.10. The Morgan fingerprint density at radius 3 is 2.94 bits per heavy atom.